The first-order valence-electron chi connectivity index (χ1n) is 49.8. The number of rotatable bonds is 20. The van der Waals surface area contributed by atoms with E-state index in [4.69, 9.17) is 31.4 Å². The van der Waals surface area contributed by atoms with Crippen molar-refractivity contribution < 1.29 is 14.2 Å². The first kappa shape index (κ1) is 109. The Morgan fingerprint density at radius 1 is 0.336 bits per heavy atom. The van der Waals surface area contributed by atoms with Crippen LogP contribution in [0.25, 0.3) is 0 Å². The molecule has 6 heterocycles. The lowest BCUT2D eigenvalue weighted by Gasteiger charge is -2.35. The standard InChI is InChI=1S/2C15H24N2O.C15H24N2.C14H22N2.C13H20N2.C13H19NO.C11H17N.C10H15N.C9H12/c1-12(2)14-6-5-13(11-15(14)18-4)17-9-7-16(3)8-10-17;1-11(2)14-7-6-13(9-15(14)18-3)17-8-4-5-12(16)10-17;1-12(2)14-5-6-15(13(3)11-14)17-9-7-16(4)8-10-17;1-12(2)13-4-6-14(7-5-13)16-10-8-15(3)9-11-16;1-11(2)12-3-5-13(6-4-12)15-9-7-14-8-10-15;1-11(2)12-3-5-13(6-4-12)14-7-9-15-10-8-14;1-9(2)11-5-3-10(4-6-11)7-8-12;1-8(2)10-5-3-4-9(6-10)7-11;1-8(2)9-6-4-3-5-7-9/h5-6,11-12H,7-10H2,1-4H3;6-7,9,11-12H,4-5,8,10,16H2,1-3H3;5-6,11-12H,7-10H2,1-4H3;4-7,12H,8-11H2,1-3H3;3-6,11,14H,7-10H2,1-2H3;3-6,11H,7-10H2,1-2H3;3-6,9H,7-8,12H2,1-2H3;3-6,8H,7,11H2,1-2H3;3-8H,1-2H3/t;12-;;;;;;;/m.1......./s1. The van der Waals surface area contributed by atoms with Crippen LogP contribution in [0.4, 0.5) is 34.1 Å². The molecule has 9 aromatic carbocycles. The molecule has 131 heavy (non-hydrogen) atoms. The molecule has 7 N–H and O–H groups in total. The van der Waals surface area contributed by atoms with Crippen molar-refractivity contribution in [3.8, 4) is 11.5 Å². The summed E-state index contributed by atoms with van der Waals surface area (Å²) < 4.78 is 16.4. The number of benzene rings is 9. The number of ether oxygens (including phenoxy) is 3. The van der Waals surface area contributed by atoms with Crippen LogP contribution >= 0.6 is 0 Å². The predicted molar refractivity (Wildman–Crippen MR) is 570 cm³/mol. The second-order valence-electron chi connectivity index (χ2n) is 39.3. The maximum absolute atomic E-state index is 6.04. The largest absolute Gasteiger partial charge is 0.496 e. The molecule has 0 saturated carbocycles. The van der Waals surface area contributed by atoms with Gasteiger partial charge in [0, 0.05) is 190 Å². The molecule has 6 aliphatic rings. The lowest BCUT2D eigenvalue weighted by molar-refractivity contribution is 0.122. The molecule has 0 bridgehead atoms. The molecule has 16 nitrogen and oxygen atoms in total. The second-order valence-corrected chi connectivity index (χ2v) is 39.3. The molecule has 0 unspecified atom stereocenters. The van der Waals surface area contributed by atoms with Gasteiger partial charge in [-0.25, -0.2) is 0 Å². The average Bonchev–Trinajstić information content (AvgIpc) is 0.835. The Balaban J connectivity index is 0.000000203. The minimum atomic E-state index is 0.300. The van der Waals surface area contributed by atoms with Crippen molar-refractivity contribution in [3.05, 3.63) is 273 Å². The summed E-state index contributed by atoms with van der Waals surface area (Å²) in [6.07, 6.45) is 3.30. The van der Waals surface area contributed by atoms with E-state index in [1.165, 1.54) is 133 Å². The third-order valence-electron chi connectivity index (χ3n) is 25.9. The van der Waals surface area contributed by atoms with Gasteiger partial charge in [0.05, 0.1) is 27.4 Å². The van der Waals surface area contributed by atoms with Crippen molar-refractivity contribution in [1.29, 1.82) is 0 Å². The van der Waals surface area contributed by atoms with E-state index in [0.29, 0.717) is 65.8 Å². The number of morpholine rings is 1. The number of anilines is 6. The highest BCUT2D eigenvalue weighted by atomic mass is 16.5. The van der Waals surface area contributed by atoms with E-state index in [1.54, 1.807) is 14.2 Å². The summed E-state index contributed by atoms with van der Waals surface area (Å²) in [5.41, 5.74) is 41.4. The number of likely N-dealkylation sites (N-methyl/N-ethyl adjacent to an activating group) is 3. The number of nitrogens with zero attached hydrogens (tertiary/aromatic N) is 9. The highest BCUT2D eigenvalue weighted by Crippen LogP contribution is 2.35. The number of nitrogens with two attached hydrogens (primary N) is 3. The number of nitrogens with one attached hydrogen (secondary N) is 1. The first-order valence-corrected chi connectivity index (χ1v) is 49.8. The average molecular weight is 1790 g/mol. The highest BCUT2D eigenvalue weighted by Gasteiger charge is 2.23. The Bertz CT molecular complexity index is 4470. The Morgan fingerprint density at radius 2 is 0.687 bits per heavy atom. The van der Waals surface area contributed by atoms with E-state index in [9.17, 15) is 0 Å². The van der Waals surface area contributed by atoms with Crippen molar-refractivity contribution in [2.45, 2.75) is 217 Å². The number of aryl methyl sites for hydroxylation is 1. The number of methoxy groups -OCH3 is 2. The van der Waals surface area contributed by atoms with Gasteiger partial charge in [0.25, 0.3) is 0 Å². The van der Waals surface area contributed by atoms with E-state index in [2.05, 4.69) is 402 Å². The molecule has 6 aliphatic heterocycles. The smallest absolute Gasteiger partial charge is 0.124 e. The van der Waals surface area contributed by atoms with Crippen LogP contribution in [-0.4, -0.2) is 207 Å². The third kappa shape index (κ3) is 37.8. The van der Waals surface area contributed by atoms with Gasteiger partial charge in [-0.05, 0) is 228 Å². The SMILES string of the molecule is CC(C)c1ccc(CCN)cc1.CC(C)c1ccc(N2CCN(C)CC2)cc1.CC(C)c1ccc(N2CCNCC2)cc1.CC(C)c1ccc(N2CCOCC2)cc1.CC(C)c1cccc(CN)c1.CC(C)c1ccccc1.COc1cc(N2CCC[C@@H](N)C2)ccc1C(C)C.COc1cc(N2CCN(C)CC2)ccc1C(C)C.Cc1cc(C(C)C)ccc1N1CCN(C)CC1. The molecule has 0 spiro atoms. The molecule has 6 saturated heterocycles. The van der Waals surface area contributed by atoms with Gasteiger partial charge in [-0.1, -0.05) is 264 Å². The Hall–Kier alpha value is -8.94. The van der Waals surface area contributed by atoms with Crippen LogP contribution in [0.3, 0.4) is 0 Å². The molecule has 1 atom stereocenters. The van der Waals surface area contributed by atoms with Crippen LogP contribution in [0.5, 0.6) is 11.5 Å². The number of hydrogen-bond acceptors (Lipinski definition) is 16. The summed E-state index contributed by atoms with van der Waals surface area (Å²) in [5, 5.41) is 3.37. The van der Waals surface area contributed by atoms with Crippen LogP contribution in [0, 0.1) is 6.92 Å². The Labute approximate surface area is 797 Å². The van der Waals surface area contributed by atoms with Gasteiger partial charge in [0.1, 0.15) is 11.5 Å². The van der Waals surface area contributed by atoms with Crippen molar-refractivity contribution in [2.24, 2.45) is 17.2 Å². The van der Waals surface area contributed by atoms with Gasteiger partial charge < -0.3 is 80.8 Å². The number of piperidine rings is 1. The van der Waals surface area contributed by atoms with E-state index < -0.39 is 0 Å². The van der Waals surface area contributed by atoms with Gasteiger partial charge >= 0.3 is 0 Å². The van der Waals surface area contributed by atoms with Crippen LogP contribution in [0.1, 0.15) is 257 Å². The summed E-state index contributed by atoms with van der Waals surface area (Å²) in [6.45, 7) is 67.5. The zero-order chi connectivity index (χ0) is 95.5. The fraction of sp³-hybridized carbons (Fsp3) is 0.530. The topological polar surface area (TPSA) is 147 Å². The minimum absolute atomic E-state index is 0.300. The molecular formula is C115H177N13O3. The molecule has 6 fully saturated rings. The molecule has 0 aliphatic carbocycles. The lowest BCUT2D eigenvalue weighted by Crippen LogP contribution is -2.44. The van der Waals surface area contributed by atoms with Crippen LogP contribution in [-0.2, 0) is 17.7 Å². The maximum Gasteiger partial charge on any atom is 0.124 e. The molecular weight excluding hydrogens is 1610 g/mol. The van der Waals surface area contributed by atoms with Crippen molar-refractivity contribution >= 4 is 34.1 Å². The van der Waals surface area contributed by atoms with Gasteiger partial charge in [0.2, 0.25) is 0 Å². The molecule has 0 amide bonds. The van der Waals surface area contributed by atoms with Gasteiger partial charge in [-0.3, -0.25) is 0 Å². The summed E-state index contributed by atoms with van der Waals surface area (Å²) in [5.74, 6) is 7.36. The molecule has 0 aromatic heterocycles. The third-order valence-corrected chi connectivity index (χ3v) is 25.9. The Morgan fingerprint density at radius 3 is 1.06 bits per heavy atom. The van der Waals surface area contributed by atoms with E-state index in [0.717, 1.165) is 149 Å². The van der Waals surface area contributed by atoms with E-state index >= 15 is 0 Å². The fourth-order valence-electron chi connectivity index (χ4n) is 16.7. The van der Waals surface area contributed by atoms with Gasteiger partial charge in [-0.15, -0.1) is 0 Å². The summed E-state index contributed by atoms with van der Waals surface area (Å²) in [7, 11) is 10.1. The summed E-state index contributed by atoms with van der Waals surface area (Å²) >= 11 is 0. The molecule has 9 aromatic rings. The van der Waals surface area contributed by atoms with Gasteiger partial charge in [0.15, 0.2) is 0 Å². The van der Waals surface area contributed by atoms with Crippen LogP contribution in [0.2, 0.25) is 0 Å². The van der Waals surface area contributed by atoms with Crippen molar-refractivity contribution in [3.63, 3.8) is 0 Å². The van der Waals surface area contributed by atoms with Crippen molar-refractivity contribution in [2.75, 3.05) is 215 Å². The van der Waals surface area contributed by atoms with Crippen LogP contribution < -0.4 is 61.4 Å². The summed E-state index contributed by atoms with van der Waals surface area (Å²) in [4.78, 5) is 21.8. The second kappa shape index (κ2) is 58.3. The molecule has 720 valence electrons. The zero-order valence-corrected chi connectivity index (χ0v) is 86.0. The molecule has 16 heteroatoms. The number of piperazine rings is 4. The molecule has 15 rings (SSSR count). The monoisotopic (exact) mass is 1790 g/mol. The van der Waals surface area contributed by atoms with E-state index in [-0.39, 0.29) is 0 Å². The quantitative estimate of drug-likeness (QED) is 0.0573. The van der Waals surface area contributed by atoms with E-state index in [1.807, 2.05) is 6.07 Å². The molecule has 0 radical (unpaired) electrons. The predicted octanol–water partition coefficient (Wildman–Crippen LogP) is 23.0. The maximum atomic E-state index is 6.04. The summed E-state index contributed by atoms with van der Waals surface area (Å²) in [6, 6.07) is 75.0. The fourth-order valence-corrected chi connectivity index (χ4v) is 16.7. The zero-order valence-electron chi connectivity index (χ0n) is 86.0. The normalized spacial score (nSPS) is 16.2. The number of hydrogen-bond donors (Lipinski definition) is 4. The first-order chi connectivity index (χ1) is 62.8. The lowest BCUT2D eigenvalue weighted by atomic mass is 9.99. The van der Waals surface area contributed by atoms with Gasteiger partial charge in [-0.2, -0.15) is 0 Å². The van der Waals surface area contributed by atoms with Crippen molar-refractivity contribution in [1.82, 2.24) is 20.0 Å². The highest BCUT2D eigenvalue weighted by molar-refractivity contribution is 5.58. The van der Waals surface area contributed by atoms with Crippen LogP contribution in [0.15, 0.2) is 206 Å². The minimum Gasteiger partial charge on any atom is -0.496 e. The Kier molecular flexibility index (Phi) is 48.5.